The number of nitrogens with one attached hydrogen (secondary N) is 1. The van der Waals surface area contributed by atoms with Crippen molar-refractivity contribution in [2.45, 2.75) is 25.5 Å². The van der Waals surface area contributed by atoms with E-state index in [4.69, 9.17) is 4.74 Å². The quantitative estimate of drug-likeness (QED) is 0.687. The average molecular weight is 205 g/mol. The molecule has 1 atom stereocenters. The van der Waals surface area contributed by atoms with Gasteiger partial charge in [-0.1, -0.05) is 6.92 Å². The molecule has 0 rings (SSSR count). The first-order chi connectivity index (χ1) is 6.02. The van der Waals surface area contributed by atoms with Gasteiger partial charge in [0.05, 0.1) is 0 Å². The first-order valence-corrected chi connectivity index (χ1v) is 5.99. The van der Waals surface area contributed by atoms with Crippen LogP contribution in [-0.2, 0) is 4.74 Å². The zero-order chi connectivity index (χ0) is 10.3. The van der Waals surface area contributed by atoms with Gasteiger partial charge in [-0.2, -0.15) is 11.8 Å². The molecule has 0 amide bonds. The largest absolute Gasteiger partial charge is 0.384 e. The number of hydrogen-bond acceptors (Lipinski definition) is 3. The molecule has 0 fully saturated rings. The molecule has 0 aliphatic rings. The van der Waals surface area contributed by atoms with E-state index in [1.54, 1.807) is 7.11 Å². The van der Waals surface area contributed by atoms with Gasteiger partial charge >= 0.3 is 0 Å². The zero-order valence-corrected chi connectivity index (χ0v) is 10.3. The summed E-state index contributed by atoms with van der Waals surface area (Å²) in [6.07, 6.45) is 2.15. The first-order valence-electron chi connectivity index (χ1n) is 4.76. The van der Waals surface area contributed by atoms with Crippen LogP contribution in [0.5, 0.6) is 0 Å². The van der Waals surface area contributed by atoms with Gasteiger partial charge in [-0.05, 0) is 32.6 Å². The Morgan fingerprint density at radius 1 is 1.46 bits per heavy atom. The van der Waals surface area contributed by atoms with Crippen LogP contribution >= 0.6 is 11.8 Å². The Balaban J connectivity index is 3.44. The zero-order valence-electron chi connectivity index (χ0n) is 9.52. The van der Waals surface area contributed by atoms with Crippen molar-refractivity contribution in [3.05, 3.63) is 0 Å². The Bertz CT molecular complexity index is 128. The van der Waals surface area contributed by atoms with E-state index in [-0.39, 0.29) is 0 Å². The smallest absolute Gasteiger partial charge is 0.0499 e. The van der Waals surface area contributed by atoms with Crippen LogP contribution in [-0.4, -0.2) is 37.8 Å². The van der Waals surface area contributed by atoms with E-state index in [0.717, 1.165) is 19.7 Å². The predicted octanol–water partition coefficient (Wildman–Crippen LogP) is 2.00. The lowest BCUT2D eigenvalue weighted by atomic mass is 10.1. The van der Waals surface area contributed by atoms with Gasteiger partial charge in [0, 0.05) is 25.0 Å². The third-order valence-corrected chi connectivity index (χ3v) is 3.30. The summed E-state index contributed by atoms with van der Waals surface area (Å²) in [7, 11) is 1.75. The van der Waals surface area contributed by atoms with Crippen molar-refractivity contribution < 1.29 is 4.74 Å². The minimum Gasteiger partial charge on any atom is -0.384 e. The van der Waals surface area contributed by atoms with E-state index in [2.05, 4.69) is 32.3 Å². The highest BCUT2D eigenvalue weighted by Gasteiger charge is 2.15. The fourth-order valence-corrected chi connectivity index (χ4v) is 1.28. The molecule has 0 aliphatic heterocycles. The fraction of sp³-hybridized carbons (Fsp3) is 1.00. The lowest BCUT2D eigenvalue weighted by Crippen LogP contribution is -2.35. The van der Waals surface area contributed by atoms with Crippen molar-refractivity contribution in [3.8, 4) is 0 Å². The summed E-state index contributed by atoms with van der Waals surface area (Å²) < 4.78 is 5.41. The lowest BCUT2D eigenvalue weighted by Gasteiger charge is -2.23. The molecule has 0 radical (unpaired) electrons. The van der Waals surface area contributed by atoms with Crippen LogP contribution in [0.2, 0.25) is 0 Å². The second-order valence-electron chi connectivity index (χ2n) is 4.16. The van der Waals surface area contributed by atoms with Gasteiger partial charge in [-0.15, -0.1) is 0 Å². The lowest BCUT2D eigenvalue weighted by molar-refractivity contribution is 0.158. The highest BCUT2D eigenvalue weighted by atomic mass is 32.2. The molecule has 0 heterocycles. The third-order valence-electron chi connectivity index (χ3n) is 2.05. The molecule has 0 aromatic rings. The molecule has 0 aromatic carbocycles. The number of methoxy groups -OCH3 is 1. The molecular formula is C10H23NOS. The number of hydrogen-bond donors (Lipinski definition) is 1. The summed E-state index contributed by atoms with van der Waals surface area (Å²) in [6, 6.07) is 0. The Hall–Kier alpha value is 0.270. The maximum Gasteiger partial charge on any atom is 0.0499 e. The van der Waals surface area contributed by atoms with Crippen molar-refractivity contribution in [2.24, 2.45) is 5.92 Å². The molecule has 0 saturated carbocycles. The van der Waals surface area contributed by atoms with Crippen molar-refractivity contribution in [3.63, 3.8) is 0 Å². The molecule has 2 nitrogen and oxygen atoms in total. The van der Waals surface area contributed by atoms with E-state index in [9.17, 15) is 0 Å². The van der Waals surface area contributed by atoms with Gasteiger partial charge in [0.1, 0.15) is 0 Å². The van der Waals surface area contributed by atoms with Crippen LogP contribution in [0.3, 0.4) is 0 Å². The van der Waals surface area contributed by atoms with E-state index < -0.39 is 0 Å². The fourth-order valence-electron chi connectivity index (χ4n) is 1.04. The highest BCUT2D eigenvalue weighted by Crippen LogP contribution is 2.19. The summed E-state index contributed by atoms with van der Waals surface area (Å²) >= 11 is 1.90. The van der Waals surface area contributed by atoms with E-state index in [1.807, 2.05) is 11.8 Å². The molecule has 3 heteroatoms. The molecule has 0 saturated heterocycles. The Morgan fingerprint density at radius 3 is 2.54 bits per heavy atom. The summed E-state index contributed by atoms with van der Waals surface area (Å²) in [5.41, 5.74) is 0. The van der Waals surface area contributed by atoms with Gasteiger partial charge in [-0.25, -0.2) is 0 Å². The molecular weight excluding hydrogens is 182 g/mol. The Kier molecular flexibility index (Phi) is 6.82. The van der Waals surface area contributed by atoms with Crippen LogP contribution in [0.1, 0.15) is 20.8 Å². The number of ether oxygens (including phenoxy) is 1. The molecule has 0 spiro atoms. The van der Waals surface area contributed by atoms with Crippen LogP contribution in [0.25, 0.3) is 0 Å². The van der Waals surface area contributed by atoms with E-state index in [1.165, 1.54) is 0 Å². The van der Waals surface area contributed by atoms with E-state index >= 15 is 0 Å². The monoisotopic (exact) mass is 205 g/mol. The summed E-state index contributed by atoms with van der Waals surface area (Å²) in [6.45, 7) is 9.65. The summed E-state index contributed by atoms with van der Waals surface area (Å²) in [5, 5.41) is 3.46. The van der Waals surface area contributed by atoms with Gasteiger partial charge in [0.2, 0.25) is 0 Å². The molecule has 1 N–H and O–H groups in total. The minimum absolute atomic E-state index is 0.340. The number of rotatable bonds is 7. The van der Waals surface area contributed by atoms with Crippen LogP contribution in [0.15, 0.2) is 0 Å². The SMILES string of the molecule is COCC(C)CNCC(C)(C)SC. The second-order valence-corrected chi connectivity index (χ2v) is 5.67. The molecule has 80 valence electrons. The highest BCUT2D eigenvalue weighted by molar-refractivity contribution is 7.99. The first kappa shape index (κ1) is 13.3. The topological polar surface area (TPSA) is 21.3 Å². The Labute approximate surface area is 86.8 Å². The molecule has 0 aliphatic carbocycles. The van der Waals surface area contributed by atoms with E-state index in [0.29, 0.717) is 10.7 Å². The van der Waals surface area contributed by atoms with Crippen LogP contribution in [0.4, 0.5) is 0 Å². The van der Waals surface area contributed by atoms with Crippen molar-refractivity contribution in [2.75, 3.05) is 33.1 Å². The van der Waals surface area contributed by atoms with Crippen LogP contribution in [0, 0.1) is 5.92 Å². The molecule has 1 unspecified atom stereocenters. The second kappa shape index (κ2) is 6.68. The van der Waals surface area contributed by atoms with Crippen LogP contribution < -0.4 is 5.32 Å². The average Bonchev–Trinajstić information content (AvgIpc) is 2.05. The predicted molar refractivity (Wildman–Crippen MR) is 61.5 cm³/mol. The van der Waals surface area contributed by atoms with Crippen molar-refractivity contribution in [1.82, 2.24) is 5.32 Å². The molecule has 0 bridgehead atoms. The standard InChI is InChI=1S/C10H23NOS/c1-9(7-12-4)6-11-8-10(2,3)13-5/h9,11H,6-8H2,1-5H3. The van der Waals surface area contributed by atoms with Gasteiger partial charge in [-0.3, -0.25) is 0 Å². The van der Waals surface area contributed by atoms with Gasteiger partial charge in [0.25, 0.3) is 0 Å². The molecule has 13 heavy (non-hydrogen) atoms. The molecule has 0 aromatic heterocycles. The van der Waals surface area contributed by atoms with Crippen molar-refractivity contribution in [1.29, 1.82) is 0 Å². The minimum atomic E-state index is 0.340. The number of thioether (sulfide) groups is 1. The van der Waals surface area contributed by atoms with Gasteiger partial charge in [0.15, 0.2) is 0 Å². The Morgan fingerprint density at radius 2 is 2.08 bits per heavy atom. The van der Waals surface area contributed by atoms with Crippen molar-refractivity contribution >= 4 is 11.8 Å². The third kappa shape index (κ3) is 7.35. The maximum absolute atomic E-state index is 5.07. The summed E-state index contributed by atoms with van der Waals surface area (Å²) in [4.78, 5) is 0. The normalized spacial score (nSPS) is 14.5. The van der Waals surface area contributed by atoms with Gasteiger partial charge < -0.3 is 10.1 Å². The summed E-state index contributed by atoms with van der Waals surface area (Å²) in [5.74, 6) is 0.600. The maximum atomic E-state index is 5.07.